The molecule has 0 fully saturated rings. The van der Waals surface area contributed by atoms with Crippen LogP contribution in [0.2, 0.25) is 5.02 Å². The summed E-state index contributed by atoms with van der Waals surface area (Å²) in [6, 6.07) is 18.9. The molecular weight excluding hydrogens is 387 g/mol. The molecule has 0 aliphatic carbocycles. The summed E-state index contributed by atoms with van der Waals surface area (Å²) in [6.07, 6.45) is 0. The van der Waals surface area contributed by atoms with Crippen LogP contribution in [0.25, 0.3) is 22.2 Å². The highest BCUT2D eigenvalue weighted by Crippen LogP contribution is 2.29. The lowest BCUT2D eigenvalue weighted by atomic mass is 9.99. The van der Waals surface area contributed by atoms with Crippen molar-refractivity contribution in [3.63, 3.8) is 0 Å². The Kier molecular flexibility index (Phi) is 5.03. The van der Waals surface area contributed by atoms with Gasteiger partial charge in [-0.3, -0.25) is 4.79 Å². The standard InChI is InChI=1S/C24H18ClFN2O/c1-14-11-15(2)23-18(12-14)19(24(29)28-21-6-4-3-5-20(21)25)13-22(27-23)16-7-9-17(26)10-8-16/h3-13H,1-2H3,(H,28,29). The number of pyridine rings is 1. The fourth-order valence-corrected chi connectivity index (χ4v) is 3.57. The molecule has 1 N–H and O–H groups in total. The smallest absolute Gasteiger partial charge is 0.256 e. The van der Waals surface area contributed by atoms with Crippen molar-refractivity contribution >= 4 is 34.1 Å². The monoisotopic (exact) mass is 404 g/mol. The Bertz CT molecular complexity index is 1240. The molecule has 0 bridgehead atoms. The second kappa shape index (κ2) is 7.64. The number of anilines is 1. The quantitative estimate of drug-likeness (QED) is 0.420. The van der Waals surface area contributed by atoms with Gasteiger partial charge in [0.2, 0.25) is 0 Å². The van der Waals surface area contributed by atoms with Crippen molar-refractivity contribution in [1.82, 2.24) is 4.98 Å². The molecule has 1 amide bonds. The number of carbonyl (C=O) groups is 1. The van der Waals surface area contributed by atoms with Gasteiger partial charge in [-0.1, -0.05) is 35.4 Å². The number of para-hydroxylation sites is 1. The van der Waals surface area contributed by atoms with Gasteiger partial charge in [0.15, 0.2) is 0 Å². The minimum absolute atomic E-state index is 0.279. The van der Waals surface area contributed by atoms with E-state index in [0.717, 1.165) is 27.6 Å². The third-order valence-corrected chi connectivity index (χ3v) is 5.08. The molecule has 4 rings (SSSR count). The average molecular weight is 405 g/mol. The number of halogens is 2. The lowest BCUT2D eigenvalue weighted by Crippen LogP contribution is -2.13. The van der Waals surface area contributed by atoms with Crippen molar-refractivity contribution < 1.29 is 9.18 Å². The van der Waals surface area contributed by atoms with Crippen LogP contribution < -0.4 is 5.32 Å². The Labute approximate surface area is 173 Å². The highest BCUT2D eigenvalue weighted by molar-refractivity contribution is 6.34. The maximum absolute atomic E-state index is 13.4. The van der Waals surface area contributed by atoms with E-state index in [-0.39, 0.29) is 11.7 Å². The number of nitrogens with zero attached hydrogens (tertiary/aromatic N) is 1. The first kappa shape index (κ1) is 19.1. The highest BCUT2D eigenvalue weighted by atomic mass is 35.5. The second-order valence-electron chi connectivity index (χ2n) is 6.97. The largest absolute Gasteiger partial charge is 0.321 e. The van der Waals surface area contributed by atoms with Crippen LogP contribution >= 0.6 is 11.6 Å². The van der Waals surface area contributed by atoms with Gasteiger partial charge >= 0.3 is 0 Å². The predicted molar refractivity (Wildman–Crippen MR) is 116 cm³/mol. The summed E-state index contributed by atoms with van der Waals surface area (Å²) in [5.41, 5.74) is 5.11. The van der Waals surface area contributed by atoms with Gasteiger partial charge in [-0.15, -0.1) is 0 Å². The Balaban J connectivity index is 1.89. The van der Waals surface area contributed by atoms with E-state index in [0.29, 0.717) is 22.0 Å². The third kappa shape index (κ3) is 3.84. The van der Waals surface area contributed by atoms with E-state index in [4.69, 9.17) is 16.6 Å². The molecule has 4 aromatic rings. The first-order valence-corrected chi connectivity index (χ1v) is 9.54. The number of aryl methyl sites for hydroxylation is 2. The zero-order valence-electron chi connectivity index (χ0n) is 16.0. The number of carbonyl (C=O) groups excluding carboxylic acids is 1. The van der Waals surface area contributed by atoms with E-state index in [2.05, 4.69) is 5.32 Å². The maximum atomic E-state index is 13.4. The number of hydrogen-bond donors (Lipinski definition) is 1. The second-order valence-corrected chi connectivity index (χ2v) is 7.38. The van der Waals surface area contributed by atoms with Gasteiger partial charge in [0, 0.05) is 10.9 Å². The lowest BCUT2D eigenvalue weighted by molar-refractivity contribution is 0.102. The number of aromatic nitrogens is 1. The fourth-order valence-electron chi connectivity index (χ4n) is 3.39. The van der Waals surface area contributed by atoms with Crippen molar-refractivity contribution in [1.29, 1.82) is 0 Å². The lowest BCUT2D eigenvalue weighted by Gasteiger charge is -2.13. The SMILES string of the molecule is Cc1cc(C)c2nc(-c3ccc(F)cc3)cc(C(=O)Nc3ccccc3Cl)c2c1. The van der Waals surface area contributed by atoms with Crippen LogP contribution in [0.15, 0.2) is 66.7 Å². The van der Waals surface area contributed by atoms with E-state index in [1.54, 1.807) is 36.4 Å². The van der Waals surface area contributed by atoms with Gasteiger partial charge in [0.05, 0.1) is 27.5 Å². The molecule has 0 unspecified atom stereocenters. The third-order valence-electron chi connectivity index (χ3n) is 4.75. The van der Waals surface area contributed by atoms with E-state index < -0.39 is 0 Å². The summed E-state index contributed by atoms with van der Waals surface area (Å²) in [6.45, 7) is 3.95. The Morgan fingerprint density at radius 2 is 1.72 bits per heavy atom. The Morgan fingerprint density at radius 3 is 2.45 bits per heavy atom. The average Bonchev–Trinajstić information content (AvgIpc) is 2.69. The summed E-state index contributed by atoms with van der Waals surface area (Å²) >= 11 is 6.20. The Morgan fingerprint density at radius 1 is 1.00 bits per heavy atom. The molecule has 0 radical (unpaired) electrons. The van der Waals surface area contributed by atoms with Gasteiger partial charge in [0.1, 0.15) is 5.82 Å². The van der Waals surface area contributed by atoms with Crippen molar-refractivity contribution in [3.05, 3.63) is 94.3 Å². The summed E-state index contributed by atoms with van der Waals surface area (Å²) < 4.78 is 13.4. The molecule has 0 aliphatic rings. The van der Waals surface area contributed by atoms with Crippen LogP contribution in [0.4, 0.5) is 10.1 Å². The summed E-state index contributed by atoms with van der Waals surface area (Å²) in [7, 11) is 0. The van der Waals surface area contributed by atoms with Gasteiger partial charge in [0.25, 0.3) is 5.91 Å². The van der Waals surface area contributed by atoms with Crippen molar-refractivity contribution in [2.45, 2.75) is 13.8 Å². The topological polar surface area (TPSA) is 42.0 Å². The van der Waals surface area contributed by atoms with E-state index in [1.165, 1.54) is 12.1 Å². The molecule has 29 heavy (non-hydrogen) atoms. The predicted octanol–water partition coefficient (Wildman–Crippen LogP) is 6.56. The van der Waals surface area contributed by atoms with Gasteiger partial charge in [-0.05, 0) is 67.9 Å². The number of nitrogens with one attached hydrogen (secondary N) is 1. The van der Waals surface area contributed by atoms with Crippen molar-refractivity contribution in [2.75, 3.05) is 5.32 Å². The molecule has 0 saturated carbocycles. The molecule has 0 spiro atoms. The minimum Gasteiger partial charge on any atom is -0.321 e. The number of hydrogen-bond acceptors (Lipinski definition) is 2. The molecule has 144 valence electrons. The number of benzene rings is 3. The first-order valence-electron chi connectivity index (χ1n) is 9.16. The van der Waals surface area contributed by atoms with E-state index >= 15 is 0 Å². The van der Waals surface area contributed by atoms with Crippen LogP contribution in [-0.2, 0) is 0 Å². The zero-order valence-corrected chi connectivity index (χ0v) is 16.7. The Hall–Kier alpha value is -3.24. The molecule has 0 saturated heterocycles. The van der Waals surface area contributed by atoms with E-state index in [1.807, 2.05) is 32.0 Å². The molecule has 1 heterocycles. The normalized spacial score (nSPS) is 10.9. The summed E-state index contributed by atoms with van der Waals surface area (Å²) in [5, 5.41) is 4.11. The van der Waals surface area contributed by atoms with Gasteiger partial charge < -0.3 is 5.32 Å². The maximum Gasteiger partial charge on any atom is 0.256 e. The molecule has 5 heteroatoms. The van der Waals surface area contributed by atoms with Crippen LogP contribution in [0.1, 0.15) is 21.5 Å². The fraction of sp³-hybridized carbons (Fsp3) is 0.0833. The number of amides is 1. The summed E-state index contributed by atoms with van der Waals surface area (Å²) in [4.78, 5) is 17.9. The van der Waals surface area contributed by atoms with Crippen molar-refractivity contribution in [2.24, 2.45) is 0 Å². The van der Waals surface area contributed by atoms with Crippen LogP contribution in [0.5, 0.6) is 0 Å². The van der Waals surface area contributed by atoms with Gasteiger partial charge in [-0.2, -0.15) is 0 Å². The van der Waals surface area contributed by atoms with Gasteiger partial charge in [-0.25, -0.2) is 9.37 Å². The molecule has 0 atom stereocenters. The number of fused-ring (bicyclic) bond motifs is 1. The summed E-state index contributed by atoms with van der Waals surface area (Å²) in [5.74, 6) is -0.600. The highest BCUT2D eigenvalue weighted by Gasteiger charge is 2.17. The number of rotatable bonds is 3. The first-order chi connectivity index (χ1) is 13.9. The van der Waals surface area contributed by atoms with Crippen LogP contribution in [0.3, 0.4) is 0 Å². The zero-order chi connectivity index (χ0) is 20.5. The molecule has 0 aliphatic heterocycles. The molecule has 3 aromatic carbocycles. The van der Waals surface area contributed by atoms with Crippen LogP contribution in [0, 0.1) is 19.7 Å². The van der Waals surface area contributed by atoms with Crippen molar-refractivity contribution in [3.8, 4) is 11.3 Å². The molecule has 3 nitrogen and oxygen atoms in total. The minimum atomic E-state index is -0.321. The van der Waals surface area contributed by atoms with E-state index in [9.17, 15) is 9.18 Å². The molecule has 1 aromatic heterocycles. The van der Waals surface area contributed by atoms with Crippen LogP contribution in [-0.4, -0.2) is 10.9 Å². The molecular formula is C24H18ClFN2O.